The second-order valence-corrected chi connectivity index (χ2v) is 5.28. The molecule has 2 aromatic heterocycles. The number of esters is 1. The summed E-state index contributed by atoms with van der Waals surface area (Å²) in [6, 6.07) is 3.26. The molecule has 2 aromatic rings. The summed E-state index contributed by atoms with van der Waals surface area (Å²) in [5.74, 6) is 0.0751. The Morgan fingerprint density at radius 1 is 1.37 bits per heavy atom. The van der Waals surface area contributed by atoms with Crippen molar-refractivity contribution in [2.75, 3.05) is 12.4 Å². The van der Waals surface area contributed by atoms with Gasteiger partial charge in [0.25, 0.3) is 0 Å². The number of hydrogen-bond donors (Lipinski definition) is 1. The standard InChI is InChI=1S/C12H14N4O2S/c1-12(2,11-13-6-7-19-11)14-9-5-4-8(15-16-9)10(17)18-3/h4-7H,1-3H3,(H,14,16). The number of hydrogen-bond acceptors (Lipinski definition) is 7. The zero-order chi connectivity index (χ0) is 13.9. The summed E-state index contributed by atoms with van der Waals surface area (Å²) in [5.41, 5.74) is -0.171. The molecule has 19 heavy (non-hydrogen) atoms. The van der Waals surface area contributed by atoms with Gasteiger partial charge < -0.3 is 10.1 Å². The van der Waals surface area contributed by atoms with Gasteiger partial charge in [-0.05, 0) is 26.0 Å². The molecule has 0 radical (unpaired) electrons. The summed E-state index contributed by atoms with van der Waals surface area (Å²) in [4.78, 5) is 15.5. The van der Waals surface area contributed by atoms with Gasteiger partial charge in [-0.2, -0.15) is 0 Å². The minimum absolute atomic E-state index is 0.181. The number of aromatic nitrogens is 3. The zero-order valence-corrected chi connectivity index (χ0v) is 11.7. The second kappa shape index (κ2) is 5.31. The van der Waals surface area contributed by atoms with Crippen LogP contribution in [0.1, 0.15) is 29.3 Å². The Morgan fingerprint density at radius 2 is 2.16 bits per heavy atom. The highest BCUT2D eigenvalue weighted by molar-refractivity contribution is 7.09. The first-order chi connectivity index (χ1) is 9.03. The molecule has 1 N–H and O–H groups in total. The third-order valence-corrected chi connectivity index (χ3v) is 3.56. The normalized spacial score (nSPS) is 11.1. The van der Waals surface area contributed by atoms with Crippen molar-refractivity contribution in [3.05, 3.63) is 34.4 Å². The maximum atomic E-state index is 11.2. The van der Waals surface area contributed by atoms with Crippen LogP contribution in [0.5, 0.6) is 0 Å². The molecule has 0 aliphatic heterocycles. The molecule has 0 aliphatic rings. The fourth-order valence-corrected chi connectivity index (χ4v) is 2.24. The van der Waals surface area contributed by atoms with Crippen molar-refractivity contribution in [2.45, 2.75) is 19.4 Å². The van der Waals surface area contributed by atoms with Crippen molar-refractivity contribution in [2.24, 2.45) is 0 Å². The Bertz CT molecular complexity index is 552. The van der Waals surface area contributed by atoms with E-state index in [0.717, 1.165) is 5.01 Å². The number of ether oxygens (including phenoxy) is 1. The Balaban J connectivity index is 2.14. The number of nitrogens with one attached hydrogen (secondary N) is 1. The molecule has 100 valence electrons. The van der Waals surface area contributed by atoms with Gasteiger partial charge in [-0.3, -0.25) is 0 Å². The maximum Gasteiger partial charge on any atom is 0.358 e. The van der Waals surface area contributed by atoms with Crippen LogP contribution in [0.3, 0.4) is 0 Å². The molecule has 7 heteroatoms. The predicted molar refractivity (Wildman–Crippen MR) is 72.1 cm³/mol. The van der Waals surface area contributed by atoms with E-state index >= 15 is 0 Å². The van der Waals surface area contributed by atoms with Crippen LogP contribution in [0.4, 0.5) is 5.82 Å². The highest BCUT2D eigenvalue weighted by atomic mass is 32.1. The van der Waals surface area contributed by atoms with Crippen LogP contribution < -0.4 is 5.32 Å². The minimum atomic E-state index is -0.502. The molecule has 0 fully saturated rings. The van der Waals surface area contributed by atoms with Gasteiger partial charge in [-0.15, -0.1) is 21.5 Å². The van der Waals surface area contributed by atoms with Gasteiger partial charge in [-0.1, -0.05) is 0 Å². The summed E-state index contributed by atoms with van der Waals surface area (Å²) in [6.45, 7) is 4.00. The Kier molecular flexibility index (Phi) is 3.75. The van der Waals surface area contributed by atoms with Crippen LogP contribution in [-0.2, 0) is 10.3 Å². The molecular weight excluding hydrogens is 264 g/mol. The van der Waals surface area contributed by atoms with Gasteiger partial charge in [0, 0.05) is 11.6 Å². The molecule has 0 aromatic carbocycles. The Hall–Kier alpha value is -2.02. The molecule has 2 rings (SSSR count). The van der Waals surface area contributed by atoms with Gasteiger partial charge in [0.15, 0.2) is 5.69 Å². The molecule has 0 bridgehead atoms. The average Bonchev–Trinajstić information content (AvgIpc) is 2.93. The summed E-state index contributed by atoms with van der Waals surface area (Å²) >= 11 is 1.56. The quantitative estimate of drug-likeness (QED) is 0.863. The molecule has 0 unspecified atom stereocenters. The molecule has 0 atom stereocenters. The largest absolute Gasteiger partial charge is 0.464 e. The van der Waals surface area contributed by atoms with Crippen LogP contribution in [0.25, 0.3) is 0 Å². The zero-order valence-electron chi connectivity index (χ0n) is 10.9. The highest BCUT2D eigenvalue weighted by Crippen LogP contribution is 2.25. The number of anilines is 1. The first kappa shape index (κ1) is 13.4. The molecular formula is C12H14N4O2S. The van der Waals surface area contributed by atoms with Crippen LogP contribution in [0.2, 0.25) is 0 Å². The second-order valence-electron chi connectivity index (χ2n) is 4.38. The van der Waals surface area contributed by atoms with E-state index in [-0.39, 0.29) is 11.2 Å². The third kappa shape index (κ3) is 3.05. The lowest BCUT2D eigenvalue weighted by Crippen LogP contribution is -2.28. The lowest BCUT2D eigenvalue weighted by atomic mass is 10.1. The van der Waals surface area contributed by atoms with Gasteiger partial charge in [0.2, 0.25) is 0 Å². The van der Waals surface area contributed by atoms with Crippen molar-refractivity contribution in [1.82, 2.24) is 15.2 Å². The van der Waals surface area contributed by atoms with Crippen LogP contribution in [0, 0.1) is 0 Å². The summed E-state index contributed by atoms with van der Waals surface area (Å²) < 4.78 is 4.57. The monoisotopic (exact) mass is 278 g/mol. The molecule has 0 spiro atoms. The Morgan fingerprint density at radius 3 is 2.68 bits per heavy atom. The highest BCUT2D eigenvalue weighted by Gasteiger charge is 2.23. The Labute approximate surface area is 114 Å². The first-order valence-corrected chi connectivity index (χ1v) is 6.51. The van der Waals surface area contributed by atoms with Crippen molar-refractivity contribution >= 4 is 23.1 Å². The minimum Gasteiger partial charge on any atom is -0.464 e. The number of nitrogens with zero attached hydrogens (tertiary/aromatic N) is 3. The maximum absolute atomic E-state index is 11.2. The van der Waals surface area contributed by atoms with Crippen LogP contribution in [-0.4, -0.2) is 28.3 Å². The van der Waals surface area contributed by atoms with E-state index in [2.05, 4.69) is 25.2 Å². The van der Waals surface area contributed by atoms with Crippen LogP contribution in [0.15, 0.2) is 23.7 Å². The average molecular weight is 278 g/mol. The van der Waals surface area contributed by atoms with E-state index in [1.165, 1.54) is 7.11 Å². The van der Waals surface area contributed by atoms with Crippen molar-refractivity contribution in [3.63, 3.8) is 0 Å². The molecule has 0 saturated carbocycles. The molecule has 0 saturated heterocycles. The molecule has 0 amide bonds. The summed E-state index contributed by atoms with van der Waals surface area (Å²) in [5, 5.41) is 13.9. The first-order valence-electron chi connectivity index (χ1n) is 5.63. The third-order valence-electron chi connectivity index (χ3n) is 2.47. The molecule has 0 aliphatic carbocycles. The van der Waals surface area contributed by atoms with E-state index in [1.807, 2.05) is 19.2 Å². The van der Waals surface area contributed by atoms with Crippen molar-refractivity contribution in [1.29, 1.82) is 0 Å². The van der Waals surface area contributed by atoms with Crippen LogP contribution >= 0.6 is 11.3 Å². The van der Waals surface area contributed by atoms with E-state index in [1.54, 1.807) is 29.7 Å². The summed E-state index contributed by atoms with van der Waals surface area (Å²) in [6.07, 6.45) is 1.76. The van der Waals surface area contributed by atoms with E-state index in [4.69, 9.17) is 0 Å². The van der Waals surface area contributed by atoms with Gasteiger partial charge in [0.05, 0.1) is 12.6 Å². The molecule has 6 nitrogen and oxygen atoms in total. The lowest BCUT2D eigenvalue weighted by molar-refractivity contribution is 0.0593. The van der Waals surface area contributed by atoms with Gasteiger partial charge >= 0.3 is 5.97 Å². The topological polar surface area (TPSA) is 77.0 Å². The number of carbonyl (C=O) groups is 1. The van der Waals surface area contributed by atoms with E-state index in [0.29, 0.717) is 5.82 Å². The predicted octanol–water partition coefficient (Wildman–Crippen LogP) is 2.07. The lowest BCUT2D eigenvalue weighted by Gasteiger charge is -2.24. The van der Waals surface area contributed by atoms with E-state index in [9.17, 15) is 4.79 Å². The van der Waals surface area contributed by atoms with Crippen molar-refractivity contribution < 1.29 is 9.53 Å². The fourth-order valence-electron chi connectivity index (χ4n) is 1.52. The number of rotatable bonds is 4. The number of thiazole rings is 1. The smallest absolute Gasteiger partial charge is 0.358 e. The van der Waals surface area contributed by atoms with Gasteiger partial charge in [-0.25, -0.2) is 9.78 Å². The van der Waals surface area contributed by atoms with Crippen molar-refractivity contribution in [3.8, 4) is 0 Å². The van der Waals surface area contributed by atoms with E-state index < -0.39 is 5.97 Å². The SMILES string of the molecule is COC(=O)c1ccc(NC(C)(C)c2nccs2)nn1. The fraction of sp³-hybridized carbons (Fsp3) is 0.333. The number of carbonyl (C=O) groups excluding carboxylic acids is 1. The van der Waals surface area contributed by atoms with Gasteiger partial charge in [0.1, 0.15) is 10.8 Å². The summed E-state index contributed by atoms with van der Waals surface area (Å²) in [7, 11) is 1.31. The molecule has 2 heterocycles. The number of methoxy groups -OCH3 is 1.